The SMILES string of the molecule is CCCn1ncc(N2CCC(OC)CC2CN)c(Cl)c1=O. The lowest BCUT2D eigenvalue weighted by Crippen LogP contribution is -2.49. The minimum Gasteiger partial charge on any atom is -0.381 e. The van der Waals surface area contributed by atoms with Gasteiger partial charge < -0.3 is 15.4 Å². The van der Waals surface area contributed by atoms with Gasteiger partial charge in [-0.15, -0.1) is 0 Å². The van der Waals surface area contributed by atoms with Gasteiger partial charge in [-0.3, -0.25) is 4.79 Å². The minimum absolute atomic E-state index is 0.115. The molecule has 2 heterocycles. The van der Waals surface area contributed by atoms with Crippen molar-refractivity contribution < 1.29 is 4.74 Å². The molecule has 118 valence electrons. The van der Waals surface area contributed by atoms with Crippen LogP contribution in [-0.2, 0) is 11.3 Å². The van der Waals surface area contributed by atoms with Crippen molar-refractivity contribution in [1.82, 2.24) is 9.78 Å². The molecule has 0 bridgehead atoms. The summed E-state index contributed by atoms with van der Waals surface area (Å²) < 4.78 is 6.82. The number of aromatic nitrogens is 2. The van der Waals surface area contributed by atoms with E-state index >= 15 is 0 Å². The zero-order valence-corrected chi connectivity index (χ0v) is 13.3. The average Bonchev–Trinajstić information content (AvgIpc) is 2.52. The maximum atomic E-state index is 12.2. The molecule has 0 aromatic carbocycles. The summed E-state index contributed by atoms with van der Waals surface area (Å²) in [5.41, 5.74) is 6.31. The van der Waals surface area contributed by atoms with Crippen LogP contribution in [0.5, 0.6) is 0 Å². The third-order valence-corrected chi connectivity index (χ3v) is 4.34. The predicted molar refractivity (Wildman–Crippen MR) is 84.0 cm³/mol. The Morgan fingerprint density at radius 1 is 1.57 bits per heavy atom. The first-order chi connectivity index (χ1) is 10.1. The van der Waals surface area contributed by atoms with Crippen molar-refractivity contribution in [3.05, 3.63) is 21.6 Å². The highest BCUT2D eigenvalue weighted by atomic mass is 35.5. The summed E-state index contributed by atoms with van der Waals surface area (Å²) in [4.78, 5) is 14.3. The molecular formula is C14H23ClN4O2. The van der Waals surface area contributed by atoms with E-state index in [4.69, 9.17) is 22.1 Å². The Balaban J connectivity index is 2.29. The Bertz CT molecular complexity index is 534. The molecule has 1 aromatic rings. The number of piperidine rings is 1. The van der Waals surface area contributed by atoms with Crippen LogP contribution in [0, 0.1) is 0 Å². The van der Waals surface area contributed by atoms with E-state index in [1.54, 1.807) is 13.3 Å². The van der Waals surface area contributed by atoms with Gasteiger partial charge in [0.1, 0.15) is 5.02 Å². The smallest absolute Gasteiger partial charge is 0.287 e. The Morgan fingerprint density at radius 3 is 2.95 bits per heavy atom. The Labute approximate surface area is 129 Å². The minimum atomic E-state index is -0.236. The summed E-state index contributed by atoms with van der Waals surface area (Å²) in [6.07, 6.45) is 4.45. The van der Waals surface area contributed by atoms with Gasteiger partial charge in [0.2, 0.25) is 0 Å². The van der Waals surface area contributed by atoms with Crippen LogP contribution in [0.4, 0.5) is 5.69 Å². The van der Waals surface area contributed by atoms with Gasteiger partial charge in [-0.1, -0.05) is 18.5 Å². The first kappa shape index (κ1) is 16.3. The second kappa shape index (κ2) is 7.24. The fourth-order valence-corrected chi connectivity index (χ4v) is 3.05. The van der Waals surface area contributed by atoms with Gasteiger partial charge in [0.15, 0.2) is 0 Å². The van der Waals surface area contributed by atoms with Crippen molar-refractivity contribution in [3.8, 4) is 0 Å². The van der Waals surface area contributed by atoms with Crippen LogP contribution < -0.4 is 16.2 Å². The second-order valence-electron chi connectivity index (χ2n) is 5.34. The maximum Gasteiger partial charge on any atom is 0.287 e. The Morgan fingerprint density at radius 2 is 2.33 bits per heavy atom. The number of hydrogen-bond acceptors (Lipinski definition) is 5. The molecule has 1 fully saturated rings. The number of anilines is 1. The molecule has 0 spiro atoms. The number of hydrogen-bond donors (Lipinski definition) is 1. The Hall–Kier alpha value is -1.11. The molecule has 1 aromatic heterocycles. The van der Waals surface area contributed by atoms with Crippen LogP contribution in [-0.4, -0.2) is 42.1 Å². The van der Waals surface area contributed by atoms with Gasteiger partial charge >= 0.3 is 0 Å². The molecule has 6 nitrogen and oxygen atoms in total. The average molecular weight is 315 g/mol. The lowest BCUT2D eigenvalue weighted by molar-refractivity contribution is 0.0709. The zero-order valence-electron chi connectivity index (χ0n) is 12.6. The highest BCUT2D eigenvalue weighted by molar-refractivity contribution is 6.33. The molecule has 0 amide bonds. The van der Waals surface area contributed by atoms with Gasteiger partial charge in [-0.05, 0) is 19.3 Å². The highest BCUT2D eigenvalue weighted by Gasteiger charge is 2.29. The molecular weight excluding hydrogens is 292 g/mol. The van der Waals surface area contributed by atoms with Crippen LogP contribution in [0.15, 0.2) is 11.0 Å². The van der Waals surface area contributed by atoms with Crippen molar-refractivity contribution in [2.45, 2.75) is 44.9 Å². The lowest BCUT2D eigenvalue weighted by Gasteiger charge is -2.40. The molecule has 2 rings (SSSR count). The number of nitrogens with two attached hydrogens (primary N) is 1. The topological polar surface area (TPSA) is 73.4 Å². The van der Waals surface area contributed by atoms with Crippen LogP contribution >= 0.6 is 11.6 Å². The summed E-state index contributed by atoms with van der Waals surface area (Å²) >= 11 is 6.27. The number of rotatable bonds is 5. The summed E-state index contributed by atoms with van der Waals surface area (Å²) in [6.45, 7) is 3.83. The molecule has 0 saturated carbocycles. The number of halogens is 1. The van der Waals surface area contributed by atoms with E-state index in [9.17, 15) is 4.79 Å². The van der Waals surface area contributed by atoms with E-state index in [0.29, 0.717) is 18.8 Å². The van der Waals surface area contributed by atoms with E-state index < -0.39 is 0 Å². The molecule has 2 unspecified atom stereocenters. The number of ether oxygens (including phenoxy) is 1. The van der Waals surface area contributed by atoms with E-state index in [2.05, 4.69) is 10.00 Å². The third kappa shape index (κ3) is 3.39. The van der Waals surface area contributed by atoms with Crippen LogP contribution in [0.25, 0.3) is 0 Å². The predicted octanol–water partition coefficient (Wildman–Crippen LogP) is 1.25. The first-order valence-corrected chi connectivity index (χ1v) is 7.75. The van der Waals surface area contributed by atoms with Gasteiger partial charge in [0.05, 0.1) is 18.0 Å². The van der Waals surface area contributed by atoms with Gasteiger partial charge in [-0.25, -0.2) is 4.68 Å². The molecule has 1 aliphatic rings. The zero-order chi connectivity index (χ0) is 15.4. The monoisotopic (exact) mass is 314 g/mol. The standard InChI is InChI=1S/C14H23ClN4O2/c1-3-5-19-14(20)13(15)12(9-17-19)18-6-4-11(21-2)7-10(18)8-16/h9-11H,3-8,16H2,1-2H3. The molecule has 21 heavy (non-hydrogen) atoms. The van der Waals surface area contributed by atoms with Crippen LogP contribution in [0.1, 0.15) is 26.2 Å². The molecule has 0 radical (unpaired) electrons. The molecule has 1 saturated heterocycles. The first-order valence-electron chi connectivity index (χ1n) is 7.37. The van der Waals surface area contributed by atoms with E-state index in [0.717, 1.165) is 25.8 Å². The number of aryl methyl sites for hydroxylation is 1. The fourth-order valence-electron chi connectivity index (χ4n) is 2.80. The van der Waals surface area contributed by atoms with E-state index in [-0.39, 0.29) is 22.7 Å². The summed E-state index contributed by atoms with van der Waals surface area (Å²) in [7, 11) is 1.72. The van der Waals surface area contributed by atoms with E-state index in [1.165, 1.54) is 4.68 Å². The number of nitrogens with zero attached hydrogens (tertiary/aromatic N) is 3. The largest absolute Gasteiger partial charge is 0.381 e. The molecule has 0 aliphatic carbocycles. The maximum absolute atomic E-state index is 12.2. The quantitative estimate of drug-likeness (QED) is 0.885. The molecule has 2 N–H and O–H groups in total. The lowest BCUT2D eigenvalue weighted by atomic mass is 9.99. The van der Waals surface area contributed by atoms with Crippen molar-refractivity contribution >= 4 is 17.3 Å². The third-order valence-electron chi connectivity index (χ3n) is 3.98. The van der Waals surface area contributed by atoms with Crippen LogP contribution in [0.2, 0.25) is 5.02 Å². The van der Waals surface area contributed by atoms with Gasteiger partial charge in [0.25, 0.3) is 5.56 Å². The number of methoxy groups -OCH3 is 1. The van der Waals surface area contributed by atoms with Crippen LogP contribution in [0.3, 0.4) is 0 Å². The Kier molecular flexibility index (Phi) is 5.61. The van der Waals surface area contributed by atoms with Gasteiger partial charge in [-0.2, -0.15) is 5.10 Å². The molecule has 1 aliphatic heterocycles. The molecule has 2 atom stereocenters. The normalized spacial score (nSPS) is 22.6. The summed E-state index contributed by atoms with van der Waals surface area (Å²) in [5, 5.41) is 4.45. The van der Waals surface area contributed by atoms with Crippen molar-refractivity contribution in [3.63, 3.8) is 0 Å². The van der Waals surface area contributed by atoms with Crippen molar-refractivity contribution in [2.75, 3.05) is 25.1 Å². The summed E-state index contributed by atoms with van der Waals surface area (Å²) in [5.74, 6) is 0. The summed E-state index contributed by atoms with van der Waals surface area (Å²) in [6, 6.07) is 0.115. The fraction of sp³-hybridized carbons (Fsp3) is 0.714. The second-order valence-corrected chi connectivity index (χ2v) is 5.72. The van der Waals surface area contributed by atoms with E-state index in [1.807, 2.05) is 6.92 Å². The van der Waals surface area contributed by atoms with Gasteiger partial charge in [0, 0.05) is 32.8 Å². The molecule has 7 heteroatoms. The van der Waals surface area contributed by atoms with Crippen molar-refractivity contribution in [2.24, 2.45) is 5.73 Å². The van der Waals surface area contributed by atoms with Crippen molar-refractivity contribution in [1.29, 1.82) is 0 Å². The highest BCUT2D eigenvalue weighted by Crippen LogP contribution is 2.29.